The average molecular weight is 478 g/mol. The predicted octanol–water partition coefficient (Wildman–Crippen LogP) is 2.33. The molecule has 1 aromatic heterocycles. The molecule has 170 valence electrons. The normalized spacial score (nSPS) is 18.0. The molecule has 1 spiro atoms. The van der Waals surface area contributed by atoms with Gasteiger partial charge < -0.3 is 14.2 Å². The number of nitrogens with zero attached hydrogens (tertiary/aromatic N) is 4. The molecule has 1 aliphatic heterocycles. The SMILES string of the molecule is Cn1c(COc2ccccc2Cl)nnc1SCC(=O)N1CC(=O)NC(=O)C12CCCCC2. The van der Waals surface area contributed by atoms with Crippen LogP contribution >= 0.6 is 23.4 Å². The minimum absolute atomic E-state index is 0.0552. The van der Waals surface area contributed by atoms with Gasteiger partial charge in [0.15, 0.2) is 11.0 Å². The smallest absolute Gasteiger partial charge is 0.252 e. The van der Waals surface area contributed by atoms with Crippen molar-refractivity contribution in [1.29, 1.82) is 0 Å². The topological polar surface area (TPSA) is 106 Å². The molecule has 2 fully saturated rings. The van der Waals surface area contributed by atoms with Gasteiger partial charge in [0.25, 0.3) is 5.91 Å². The average Bonchev–Trinajstić information content (AvgIpc) is 3.14. The Morgan fingerprint density at radius 2 is 1.97 bits per heavy atom. The lowest BCUT2D eigenvalue weighted by Crippen LogP contribution is -2.69. The standard InChI is InChI=1S/C21H24ClN5O4S/c1-26-16(12-31-15-8-4-3-7-14(15)22)24-25-20(26)32-13-18(29)27-11-17(28)23-19(30)21(27)9-5-2-6-10-21/h3-4,7-8H,2,5-6,9-13H2,1H3,(H,23,28,30). The number of piperazine rings is 1. The molecule has 2 aromatic rings. The molecule has 4 rings (SSSR count). The molecule has 1 saturated heterocycles. The predicted molar refractivity (Wildman–Crippen MR) is 118 cm³/mol. The first-order valence-corrected chi connectivity index (χ1v) is 11.8. The summed E-state index contributed by atoms with van der Waals surface area (Å²) in [6.07, 6.45) is 3.90. The molecule has 32 heavy (non-hydrogen) atoms. The Balaban J connectivity index is 1.41. The zero-order valence-electron chi connectivity index (χ0n) is 17.7. The molecule has 3 amide bonds. The van der Waals surface area contributed by atoms with Crippen LogP contribution < -0.4 is 10.1 Å². The molecule has 0 bridgehead atoms. The maximum absolute atomic E-state index is 13.1. The second kappa shape index (κ2) is 9.50. The molecule has 9 nitrogen and oxygen atoms in total. The first-order chi connectivity index (χ1) is 15.4. The van der Waals surface area contributed by atoms with E-state index in [-0.39, 0.29) is 30.7 Å². The molecule has 0 unspecified atom stereocenters. The summed E-state index contributed by atoms with van der Waals surface area (Å²) >= 11 is 7.33. The number of rotatable bonds is 6. The van der Waals surface area contributed by atoms with Crippen LogP contribution in [0.2, 0.25) is 5.02 Å². The summed E-state index contributed by atoms with van der Waals surface area (Å²) in [5.74, 6) is 0.131. The van der Waals surface area contributed by atoms with Gasteiger partial charge >= 0.3 is 0 Å². The number of amides is 3. The molecule has 1 aromatic carbocycles. The van der Waals surface area contributed by atoms with Gasteiger partial charge in [-0.1, -0.05) is 54.8 Å². The summed E-state index contributed by atoms with van der Waals surface area (Å²) in [7, 11) is 1.79. The van der Waals surface area contributed by atoms with Crippen LogP contribution in [0.1, 0.15) is 37.9 Å². The fourth-order valence-corrected chi connectivity index (χ4v) is 5.16. The number of halogens is 1. The van der Waals surface area contributed by atoms with Gasteiger partial charge in [-0.25, -0.2) is 0 Å². The lowest BCUT2D eigenvalue weighted by Gasteiger charge is -2.47. The summed E-state index contributed by atoms with van der Waals surface area (Å²) in [4.78, 5) is 39.2. The quantitative estimate of drug-likeness (QED) is 0.502. The van der Waals surface area contributed by atoms with Gasteiger partial charge in [-0.15, -0.1) is 10.2 Å². The lowest BCUT2D eigenvalue weighted by atomic mass is 9.78. The first kappa shape index (κ1) is 22.6. The van der Waals surface area contributed by atoms with Crippen LogP contribution in [0, 0.1) is 0 Å². The Kier molecular flexibility index (Phi) is 6.71. The highest BCUT2D eigenvalue weighted by molar-refractivity contribution is 7.99. The fourth-order valence-electron chi connectivity index (χ4n) is 4.17. The van der Waals surface area contributed by atoms with Crippen molar-refractivity contribution in [2.75, 3.05) is 12.3 Å². The molecule has 1 aliphatic carbocycles. The molecule has 1 saturated carbocycles. The summed E-state index contributed by atoms with van der Waals surface area (Å²) < 4.78 is 7.46. The highest BCUT2D eigenvalue weighted by Gasteiger charge is 2.50. The van der Waals surface area contributed by atoms with E-state index in [0.717, 1.165) is 19.3 Å². The van der Waals surface area contributed by atoms with Gasteiger partial charge in [0.05, 0.1) is 10.8 Å². The zero-order chi connectivity index (χ0) is 22.7. The Morgan fingerprint density at radius 1 is 1.22 bits per heavy atom. The largest absolute Gasteiger partial charge is 0.484 e. The summed E-state index contributed by atoms with van der Waals surface area (Å²) in [6, 6.07) is 7.16. The van der Waals surface area contributed by atoms with Crippen LogP contribution in [0.4, 0.5) is 0 Å². The molecule has 0 atom stereocenters. The number of carbonyl (C=O) groups is 3. The van der Waals surface area contributed by atoms with Gasteiger partial charge in [-0.2, -0.15) is 0 Å². The van der Waals surface area contributed by atoms with Crippen LogP contribution in [-0.2, 0) is 28.0 Å². The Morgan fingerprint density at radius 3 is 2.72 bits per heavy atom. The van der Waals surface area contributed by atoms with Crippen LogP contribution in [0.25, 0.3) is 0 Å². The van der Waals surface area contributed by atoms with Crippen molar-refractivity contribution in [3.8, 4) is 5.75 Å². The monoisotopic (exact) mass is 477 g/mol. The van der Waals surface area contributed by atoms with E-state index in [2.05, 4.69) is 15.5 Å². The minimum atomic E-state index is -0.919. The van der Waals surface area contributed by atoms with Gasteiger partial charge in [0, 0.05) is 7.05 Å². The second-order valence-electron chi connectivity index (χ2n) is 7.92. The van der Waals surface area contributed by atoms with Gasteiger partial charge in [0.2, 0.25) is 11.8 Å². The fraction of sp³-hybridized carbons (Fsp3) is 0.476. The van der Waals surface area contributed by atoms with Crippen molar-refractivity contribution in [1.82, 2.24) is 25.0 Å². The van der Waals surface area contributed by atoms with E-state index in [1.54, 1.807) is 23.7 Å². The third-order valence-corrected chi connectivity index (χ3v) is 7.24. The third-order valence-electron chi connectivity index (χ3n) is 5.92. The van der Waals surface area contributed by atoms with Crippen molar-refractivity contribution in [3.63, 3.8) is 0 Å². The number of thioether (sulfide) groups is 1. The van der Waals surface area contributed by atoms with Crippen LogP contribution in [0.3, 0.4) is 0 Å². The highest BCUT2D eigenvalue weighted by atomic mass is 35.5. The van der Waals surface area contributed by atoms with E-state index in [0.29, 0.717) is 34.6 Å². The number of imide groups is 1. The summed E-state index contributed by atoms with van der Waals surface area (Å²) in [5, 5.41) is 11.8. The van der Waals surface area contributed by atoms with Crippen LogP contribution in [0.15, 0.2) is 29.4 Å². The molecular formula is C21H24ClN5O4S. The molecule has 11 heteroatoms. The summed E-state index contributed by atoms with van der Waals surface area (Å²) in [6.45, 7) is 0.0759. The number of hydrogen-bond donors (Lipinski definition) is 1. The number of nitrogens with one attached hydrogen (secondary N) is 1. The molecule has 2 heterocycles. The van der Waals surface area contributed by atoms with E-state index < -0.39 is 11.4 Å². The number of hydrogen-bond acceptors (Lipinski definition) is 7. The molecule has 1 N–H and O–H groups in total. The maximum atomic E-state index is 13.1. The van der Waals surface area contributed by atoms with E-state index in [9.17, 15) is 14.4 Å². The summed E-state index contributed by atoms with van der Waals surface area (Å²) in [5.41, 5.74) is -0.919. The number of ether oxygens (including phenoxy) is 1. The number of para-hydroxylation sites is 1. The van der Waals surface area contributed by atoms with Crippen molar-refractivity contribution in [2.45, 2.75) is 49.4 Å². The van der Waals surface area contributed by atoms with Gasteiger partial charge in [0.1, 0.15) is 24.4 Å². The first-order valence-electron chi connectivity index (χ1n) is 10.4. The Bertz CT molecular complexity index is 1040. The minimum Gasteiger partial charge on any atom is -0.484 e. The Hall–Kier alpha value is -2.59. The highest BCUT2D eigenvalue weighted by Crippen LogP contribution is 2.36. The van der Waals surface area contributed by atoms with E-state index >= 15 is 0 Å². The van der Waals surface area contributed by atoms with Crippen molar-refractivity contribution >= 4 is 41.1 Å². The maximum Gasteiger partial charge on any atom is 0.252 e. The van der Waals surface area contributed by atoms with Crippen LogP contribution in [0.5, 0.6) is 5.75 Å². The Labute approximate surface area is 194 Å². The molecule has 0 radical (unpaired) electrons. The van der Waals surface area contributed by atoms with E-state index in [4.69, 9.17) is 16.3 Å². The van der Waals surface area contributed by atoms with Gasteiger partial charge in [-0.05, 0) is 25.0 Å². The van der Waals surface area contributed by atoms with E-state index in [1.165, 1.54) is 16.7 Å². The number of carbonyl (C=O) groups excluding carboxylic acids is 3. The van der Waals surface area contributed by atoms with Crippen molar-refractivity contribution < 1.29 is 19.1 Å². The second-order valence-corrected chi connectivity index (χ2v) is 9.26. The van der Waals surface area contributed by atoms with Gasteiger partial charge in [-0.3, -0.25) is 19.7 Å². The number of benzene rings is 1. The lowest BCUT2D eigenvalue weighted by molar-refractivity contribution is -0.158. The van der Waals surface area contributed by atoms with Crippen LogP contribution in [-0.4, -0.2) is 55.2 Å². The molecular weight excluding hydrogens is 454 g/mol. The zero-order valence-corrected chi connectivity index (χ0v) is 19.2. The van der Waals surface area contributed by atoms with E-state index in [1.807, 2.05) is 12.1 Å². The van der Waals surface area contributed by atoms with Crippen molar-refractivity contribution in [3.05, 3.63) is 35.1 Å². The third kappa shape index (κ3) is 4.47. The number of aromatic nitrogens is 3. The molecule has 2 aliphatic rings. The van der Waals surface area contributed by atoms with Crippen molar-refractivity contribution in [2.24, 2.45) is 7.05 Å².